The van der Waals surface area contributed by atoms with Crippen LogP contribution >= 0.6 is 0 Å². The standard InChI is InChI=1S/C28H25F2N5O2/c1-34-12-25(26(36)13-34)35-24-8-5-16(10-23(24)33-28(35)32-15-31)9-20-18-3-2-4-22(30)21(18)14-37-27-11-17(29)6-7-19(20)27/h2-11,19,25-27,36H,12-14H2,1H3,(H,32,33)/b20-9+/t19?,25-,26?,27?/m1/s1. The molecule has 188 valence electrons. The zero-order valence-corrected chi connectivity index (χ0v) is 20.1. The van der Waals surface area contributed by atoms with Gasteiger partial charge in [0.15, 0.2) is 0 Å². The second-order valence-corrected chi connectivity index (χ2v) is 9.74. The monoisotopic (exact) mass is 501 g/mol. The molecule has 1 fully saturated rings. The molecule has 3 unspecified atom stereocenters. The molecule has 0 radical (unpaired) electrons. The van der Waals surface area contributed by atoms with Crippen LogP contribution in [0.15, 0.2) is 65.4 Å². The number of hydrogen-bond donors (Lipinski definition) is 2. The highest BCUT2D eigenvalue weighted by atomic mass is 19.1. The van der Waals surface area contributed by atoms with Gasteiger partial charge in [0.1, 0.15) is 11.6 Å². The van der Waals surface area contributed by atoms with Crippen molar-refractivity contribution in [2.75, 3.05) is 20.1 Å². The van der Waals surface area contributed by atoms with E-state index in [2.05, 4.69) is 9.98 Å². The first kappa shape index (κ1) is 23.6. The van der Waals surface area contributed by atoms with Gasteiger partial charge in [0.05, 0.1) is 35.9 Å². The molecule has 3 aromatic rings. The van der Waals surface area contributed by atoms with Gasteiger partial charge in [-0.05, 0) is 54.1 Å². The Bertz CT molecular complexity index is 1590. The van der Waals surface area contributed by atoms with Crippen LogP contribution in [0.3, 0.4) is 0 Å². The van der Waals surface area contributed by atoms with E-state index in [-0.39, 0.29) is 30.2 Å². The van der Waals surface area contributed by atoms with Crippen LogP contribution in [0, 0.1) is 23.2 Å². The number of benzene rings is 2. The third-order valence-electron chi connectivity index (χ3n) is 7.36. The molecule has 9 heteroatoms. The summed E-state index contributed by atoms with van der Waals surface area (Å²) in [7, 11) is 1.94. The number of likely N-dealkylation sites (N-methyl/N-ethyl adjacent to an activating group) is 1. The van der Waals surface area contributed by atoms with Gasteiger partial charge in [-0.2, -0.15) is 5.26 Å². The van der Waals surface area contributed by atoms with E-state index in [0.717, 1.165) is 27.7 Å². The summed E-state index contributed by atoms with van der Waals surface area (Å²) < 4.78 is 36.6. The number of aliphatic hydroxyl groups excluding tert-OH is 1. The number of hydrogen-bond acceptors (Lipinski definition) is 5. The van der Waals surface area contributed by atoms with Crippen molar-refractivity contribution < 1.29 is 18.6 Å². The van der Waals surface area contributed by atoms with Gasteiger partial charge in [-0.15, -0.1) is 4.99 Å². The van der Waals surface area contributed by atoms with Crippen LogP contribution < -0.4 is 5.62 Å². The summed E-state index contributed by atoms with van der Waals surface area (Å²) in [5.74, 6) is -1.03. The Hall–Kier alpha value is -3.84. The van der Waals surface area contributed by atoms with E-state index in [4.69, 9.17) is 4.74 Å². The van der Waals surface area contributed by atoms with E-state index in [9.17, 15) is 19.1 Å². The Morgan fingerprint density at radius 2 is 2.11 bits per heavy atom. The number of imidazole rings is 1. The summed E-state index contributed by atoms with van der Waals surface area (Å²) in [5, 5.41) is 19.9. The van der Waals surface area contributed by atoms with Gasteiger partial charge in [0.25, 0.3) is 0 Å². The third-order valence-corrected chi connectivity index (χ3v) is 7.36. The lowest BCUT2D eigenvalue weighted by Crippen LogP contribution is -2.30. The van der Waals surface area contributed by atoms with E-state index >= 15 is 0 Å². The molecule has 2 N–H and O–H groups in total. The first-order valence-corrected chi connectivity index (χ1v) is 12.1. The minimum absolute atomic E-state index is 0.0466. The summed E-state index contributed by atoms with van der Waals surface area (Å²) in [6.07, 6.45) is 7.27. The normalized spacial score (nSPS) is 27.2. The number of rotatable bonds is 2. The van der Waals surface area contributed by atoms with E-state index in [1.165, 1.54) is 18.2 Å². The minimum Gasteiger partial charge on any atom is -0.390 e. The Morgan fingerprint density at radius 1 is 1.24 bits per heavy atom. The molecule has 6 rings (SSSR count). The number of ether oxygens (including phenoxy) is 1. The van der Waals surface area contributed by atoms with Crippen molar-refractivity contribution in [1.29, 1.82) is 5.26 Å². The Labute approximate surface area is 211 Å². The van der Waals surface area contributed by atoms with E-state index in [1.54, 1.807) is 12.1 Å². The highest BCUT2D eigenvalue weighted by Crippen LogP contribution is 2.40. The van der Waals surface area contributed by atoms with Crippen molar-refractivity contribution in [2.45, 2.75) is 24.9 Å². The van der Waals surface area contributed by atoms with E-state index in [1.807, 2.05) is 53.0 Å². The number of aromatic amines is 1. The molecular formula is C28H25F2N5O2. The van der Waals surface area contributed by atoms with Crippen LogP contribution in [0.25, 0.3) is 22.7 Å². The highest BCUT2D eigenvalue weighted by Gasteiger charge is 2.33. The van der Waals surface area contributed by atoms with Crippen LogP contribution in [0.1, 0.15) is 22.7 Å². The SMILES string of the molecule is CN1CC(O)[C@H](n2/c(=N/C#N)[nH]c3cc(/C=C4\c5cccc(F)c5COC5C=C(F)C=CC45)ccc32)C1. The molecule has 7 nitrogen and oxygen atoms in total. The number of halogens is 2. The van der Waals surface area contributed by atoms with Gasteiger partial charge < -0.3 is 24.3 Å². The number of aromatic nitrogens is 2. The van der Waals surface area contributed by atoms with Crippen LogP contribution in [0.4, 0.5) is 8.78 Å². The van der Waals surface area contributed by atoms with Crippen molar-refractivity contribution in [3.05, 3.63) is 88.6 Å². The van der Waals surface area contributed by atoms with Crippen molar-refractivity contribution in [3.63, 3.8) is 0 Å². The summed E-state index contributed by atoms with van der Waals surface area (Å²) in [4.78, 5) is 9.21. The van der Waals surface area contributed by atoms with Gasteiger partial charge in [0, 0.05) is 24.6 Å². The highest BCUT2D eigenvalue weighted by molar-refractivity contribution is 5.88. The van der Waals surface area contributed by atoms with Crippen LogP contribution in [0.5, 0.6) is 0 Å². The van der Waals surface area contributed by atoms with E-state index < -0.39 is 12.2 Å². The van der Waals surface area contributed by atoms with E-state index in [0.29, 0.717) is 24.3 Å². The number of allylic oxidation sites excluding steroid dienone is 2. The van der Waals surface area contributed by atoms with Crippen LogP contribution in [-0.4, -0.2) is 51.9 Å². The lowest BCUT2D eigenvalue weighted by atomic mass is 9.83. The Balaban J connectivity index is 1.50. The maximum absolute atomic E-state index is 14.8. The number of H-pyrrole nitrogens is 1. The molecule has 37 heavy (non-hydrogen) atoms. The summed E-state index contributed by atoms with van der Waals surface area (Å²) in [6, 6.07) is 10.5. The van der Waals surface area contributed by atoms with Gasteiger partial charge in [-0.1, -0.05) is 30.4 Å². The number of nitrogens with one attached hydrogen (secondary N) is 1. The number of β-amino-alcohol motifs (C(OH)–C–C–N with tert-alkyl or cyclic N) is 1. The van der Waals surface area contributed by atoms with Gasteiger partial charge in [-0.3, -0.25) is 0 Å². The number of fused-ring (bicyclic) bond motifs is 3. The lowest BCUT2D eigenvalue weighted by molar-refractivity contribution is 0.0585. The molecule has 0 spiro atoms. The summed E-state index contributed by atoms with van der Waals surface area (Å²) in [5.41, 5.74) is 4.76. The maximum Gasteiger partial charge on any atom is 0.219 e. The fourth-order valence-electron chi connectivity index (χ4n) is 5.67. The average molecular weight is 502 g/mol. The molecule has 1 saturated heterocycles. The first-order valence-electron chi connectivity index (χ1n) is 12.1. The molecule has 4 atom stereocenters. The number of nitriles is 1. The second-order valence-electron chi connectivity index (χ2n) is 9.74. The van der Waals surface area contributed by atoms with Crippen molar-refractivity contribution in [3.8, 4) is 6.19 Å². The Kier molecular flexibility index (Phi) is 5.88. The van der Waals surface area contributed by atoms with Gasteiger partial charge >= 0.3 is 0 Å². The van der Waals surface area contributed by atoms with Crippen molar-refractivity contribution in [1.82, 2.24) is 14.5 Å². The number of likely N-dealkylation sites (tertiary alicyclic amines) is 1. The zero-order chi connectivity index (χ0) is 25.7. The molecule has 0 bridgehead atoms. The van der Waals surface area contributed by atoms with Gasteiger partial charge in [-0.25, -0.2) is 8.78 Å². The zero-order valence-electron chi connectivity index (χ0n) is 20.1. The molecule has 2 aliphatic heterocycles. The fraction of sp³-hybridized carbons (Fsp3) is 0.286. The molecule has 3 aliphatic rings. The lowest BCUT2D eigenvalue weighted by Gasteiger charge is -2.24. The predicted molar refractivity (Wildman–Crippen MR) is 135 cm³/mol. The predicted octanol–water partition coefficient (Wildman–Crippen LogP) is 3.82. The molecule has 2 aromatic carbocycles. The summed E-state index contributed by atoms with van der Waals surface area (Å²) >= 11 is 0. The molecule has 3 heterocycles. The second kappa shape index (κ2) is 9.23. The molecule has 0 saturated carbocycles. The number of nitrogens with zero attached hydrogens (tertiary/aromatic N) is 4. The Morgan fingerprint density at radius 3 is 2.89 bits per heavy atom. The molecule has 1 aliphatic carbocycles. The molecule has 1 aromatic heterocycles. The van der Waals surface area contributed by atoms with Gasteiger partial charge in [0.2, 0.25) is 11.8 Å². The third kappa shape index (κ3) is 4.13. The fourth-order valence-corrected chi connectivity index (χ4v) is 5.67. The number of aliphatic hydroxyl groups is 1. The average Bonchev–Trinajstić information content (AvgIpc) is 3.34. The van der Waals surface area contributed by atoms with Crippen molar-refractivity contribution in [2.24, 2.45) is 10.9 Å². The topological polar surface area (TPSA) is 89.6 Å². The summed E-state index contributed by atoms with van der Waals surface area (Å²) in [6.45, 7) is 1.20. The first-order chi connectivity index (χ1) is 17.9. The van der Waals surface area contributed by atoms with Crippen molar-refractivity contribution >= 4 is 22.7 Å². The van der Waals surface area contributed by atoms with Crippen LogP contribution in [-0.2, 0) is 11.3 Å². The molecular weight excluding hydrogens is 476 g/mol. The molecule has 0 amide bonds. The van der Waals surface area contributed by atoms with Crippen LogP contribution in [0.2, 0.25) is 0 Å². The smallest absolute Gasteiger partial charge is 0.219 e. The largest absolute Gasteiger partial charge is 0.390 e. The minimum atomic E-state index is -0.593. The maximum atomic E-state index is 14.8. The quantitative estimate of drug-likeness (QED) is 0.523.